The summed E-state index contributed by atoms with van der Waals surface area (Å²) in [4.78, 5) is 14.3. The predicted molar refractivity (Wildman–Crippen MR) is 79.6 cm³/mol. The van der Waals surface area contributed by atoms with E-state index < -0.39 is 6.10 Å². The minimum absolute atomic E-state index is 0.0155. The molecule has 3 nitrogen and oxygen atoms in total. The van der Waals surface area contributed by atoms with E-state index in [2.05, 4.69) is 0 Å². The lowest BCUT2D eigenvalue weighted by molar-refractivity contribution is 0.0249. The molecule has 2 atom stereocenters. The van der Waals surface area contributed by atoms with Crippen molar-refractivity contribution in [3.05, 3.63) is 48.0 Å². The van der Waals surface area contributed by atoms with Gasteiger partial charge >= 0.3 is 0 Å². The molecule has 1 N–H and O–H groups in total. The summed E-state index contributed by atoms with van der Waals surface area (Å²) in [6.07, 6.45) is 0.452. The van der Waals surface area contributed by atoms with Crippen molar-refractivity contribution in [1.82, 2.24) is 4.90 Å². The zero-order valence-electron chi connectivity index (χ0n) is 11.6. The first-order valence-corrected chi connectivity index (χ1v) is 7.11. The smallest absolute Gasteiger partial charge is 0.253 e. The molecular formula is C17H19NO2. The van der Waals surface area contributed by atoms with Crippen LogP contribution in [0.3, 0.4) is 0 Å². The van der Waals surface area contributed by atoms with Crippen LogP contribution in [0.25, 0.3) is 10.8 Å². The highest BCUT2D eigenvalue weighted by molar-refractivity contribution is 5.98. The lowest BCUT2D eigenvalue weighted by atomic mass is 9.95. The van der Waals surface area contributed by atoms with Crippen LogP contribution in [0.5, 0.6) is 0 Å². The zero-order chi connectivity index (χ0) is 14.1. The first kappa shape index (κ1) is 13.1. The number of aliphatic hydroxyl groups is 1. The number of benzene rings is 2. The maximum absolute atomic E-state index is 12.5. The Morgan fingerprint density at radius 2 is 1.95 bits per heavy atom. The molecule has 3 heteroatoms. The number of aliphatic hydroxyl groups excluding tert-OH is 1. The van der Waals surface area contributed by atoms with E-state index in [0.29, 0.717) is 12.1 Å². The molecule has 20 heavy (non-hydrogen) atoms. The Morgan fingerprint density at radius 1 is 1.20 bits per heavy atom. The number of carbonyl (C=O) groups is 1. The van der Waals surface area contributed by atoms with Crippen molar-refractivity contribution in [2.75, 3.05) is 13.1 Å². The number of carbonyl (C=O) groups excluding carboxylic acids is 1. The largest absolute Gasteiger partial charge is 0.391 e. The number of amides is 1. The summed E-state index contributed by atoms with van der Waals surface area (Å²) in [6, 6.07) is 13.8. The van der Waals surface area contributed by atoms with Gasteiger partial charge in [0.2, 0.25) is 0 Å². The number of fused-ring (bicyclic) bond motifs is 1. The highest BCUT2D eigenvalue weighted by Gasteiger charge is 2.27. The number of rotatable bonds is 1. The average Bonchev–Trinajstić information content (AvgIpc) is 2.49. The Kier molecular flexibility index (Phi) is 3.45. The predicted octanol–water partition coefficient (Wildman–Crippen LogP) is 2.68. The Morgan fingerprint density at radius 3 is 2.70 bits per heavy atom. The van der Waals surface area contributed by atoms with E-state index in [9.17, 15) is 9.90 Å². The molecule has 1 saturated heterocycles. The minimum atomic E-state index is -0.409. The average molecular weight is 269 g/mol. The van der Waals surface area contributed by atoms with Gasteiger partial charge in [-0.25, -0.2) is 0 Å². The Hall–Kier alpha value is -1.87. The van der Waals surface area contributed by atoms with E-state index in [1.54, 1.807) is 4.90 Å². The van der Waals surface area contributed by atoms with Crippen molar-refractivity contribution in [2.24, 2.45) is 5.92 Å². The number of hydrogen-bond acceptors (Lipinski definition) is 2. The second-order valence-electron chi connectivity index (χ2n) is 5.65. The number of likely N-dealkylation sites (tertiary alicyclic amines) is 1. The highest BCUT2D eigenvalue weighted by atomic mass is 16.3. The fourth-order valence-corrected chi connectivity index (χ4v) is 2.74. The standard InChI is InChI=1S/C17H19NO2/c1-12-8-9-18(11-16(12)19)17(20)15-7-6-13-4-2-3-5-14(13)10-15/h2-7,10,12,16,19H,8-9,11H2,1H3. The summed E-state index contributed by atoms with van der Waals surface area (Å²) in [6.45, 7) is 3.19. The molecule has 104 valence electrons. The molecule has 0 saturated carbocycles. The molecule has 1 aliphatic heterocycles. The normalized spacial score (nSPS) is 23.0. The van der Waals surface area contributed by atoms with Gasteiger partial charge in [-0.15, -0.1) is 0 Å². The highest BCUT2D eigenvalue weighted by Crippen LogP contribution is 2.21. The molecule has 0 bridgehead atoms. The van der Waals surface area contributed by atoms with E-state index in [0.717, 1.165) is 23.7 Å². The third-order valence-electron chi connectivity index (χ3n) is 4.20. The maximum atomic E-state index is 12.5. The van der Waals surface area contributed by atoms with E-state index in [1.807, 2.05) is 49.4 Å². The fraction of sp³-hybridized carbons (Fsp3) is 0.353. The van der Waals surface area contributed by atoms with Gasteiger partial charge in [-0.3, -0.25) is 4.79 Å². The maximum Gasteiger partial charge on any atom is 0.253 e. The molecule has 0 radical (unpaired) electrons. The van der Waals surface area contributed by atoms with Gasteiger partial charge in [0.25, 0.3) is 5.91 Å². The quantitative estimate of drug-likeness (QED) is 0.864. The Labute approximate surface area is 118 Å². The van der Waals surface area contributed by atoms with Gasteiger partial charge in [0, 0.05) is 18.7 Å². The summed E-state index contributed by atoms with van der Waals surface area (Å²) in [5, 5.41) is 12.1. The van der Waals surface area contributed by atoms with Crippen LogP contribution in [0.15, 0.2) is 42.5 Å². The molecule has 2 aromatic carbocycles. The van der Waals surface area contributed by atoms with E-state index in [-0.39, 0.29) is 11.8 Å². The van der Waals surface area contributed by atoms with Crippen LogP contribution in [0.1, 0.15) is 23.7 Å². The van der Waals surface area contributed by atoms with Crippen molar-refractivity contribution in [3.8, 4) is 0 Å². The Bertz CT molecular complexity index is 638. The van der Waals surface area contributed by atoms with Crippen molar-refractivity contribution in [1.29, 1.82) is 0 Å². The fourth-order valence-electron chi connectivity index (χ4n) is 2.74. The van der Waals surface area contributed by atoms with Crippen LogP contribution in [-0.2, 0) is 0 Å². The first-order chi connectivity index (χ1) is 9.65. The monoisotopic (exact) mass is 269 g/mol. The third kappa shape index (κ3) is 2.41. The summed E-state index contributed by atoms with van der Waals surface area (Å²) in [5.41, 5.74) is 0.699. The third-order valence-corrected chi connectivity index (χ3v) is 4.20. The minimum Gasteiger partial charge on any atom is -0.391 e. The Balaban J connectivity index is 1.85. The second-order valence-corrected chi connectivity index (χ2v) is 5.65. The van der Waals surface area contributed by atoms with Crippen LogP contribution in [0, 0.1) is 5.92 Å². The van der Waals surface area contributed by atoms with Crippen molar-refractivity contribution >= 4 is 16.7 Å². The van der Waals surface area contributed by atoms with Gasteiger partial charge in [0.05, 0.1) is 6.10 Å². The van der Waals surface area contributed by atoms with Gasteiger partial charge in [-0.2, -0.15) is 0 Å². The SMILES string of the molecule is CC1CCN(C(=O)c2ccc3ccccc3c2)CC1O. The van der Waals surface area contributed by atoms with Crippen molar-refractivity contribution in [2.45, 2.75) is 19.4 Å². The van der Waals surface area contributed by atoms with Crippen LogP contribution >= 0.6 is 0 Å². The molecule has 2 aromatic rings. The van der Waals surface area contributed by atoms with Crippen LogP contribution in [0.4, 0.5) is 0 Å². The molecule has 0 aliphatic carbocycles. The molecule has 0 spiro atoms. The number of hydrogen-bond donors (Lipinski definition) is 1. The van der Waals surface area contributed by atoms with E-state index >= 15 is 0 Å². The van der Waals surface area contributed by atoms with Crippen LogP contribution < -0.4 is 0 Å². The summed E-state index contributed by atoms with van der Waals surface area (Å²) in [7, 11) is 0. The van der Waals surface area contributed by atoms with Crippen LogP contribution in [0.2, 0.25) is 0 Å². The number of nitrogens with zero attached hydrogens (tertiary/aromatic N) is 1. The second kappa shape index (κ2) is 5.25. The molecule has 0 aromatic heterocycles. The number of piperidine rings is 1. The summed E-state index contributed by atoms with van der Waals surface area (Å²) in [5.74, 6) is 0.289. The lowest BCUT2D eigenvalue weighted by Gasteiger charge is -2.34. The summed E-state index contributed by atoms with van der Waals surface area (Å²) >= 11 is 0. The van der Waals surface area contributed by atoms with Gasteiger partial charge in [0.1, 0.15) is 0 Å². The van der Waals surface area contributed by atoms with Gasteiger partial charge in [-0.05, 0) is 35.2 Å². The van der Waals surface area contributed by atoms with Gasteiger partial charge in [-0.1, -0.05) is 37.3 Å². The van der Waals surface area contributed by atoms with Crippen molar-refractivity contribution < 1.29 is 9.90 Å². The molecule has 1 amide bonds. The van der Waals surface area contributed by atoms with E-state index in [1.165, 1.54) is 0 Å². The van der Waals surface area contributed by atoms with Crippen LogP contribution in [-0.4, -0.2) is 35.1 Å². The molecule has 1 fully saturated rings. The first-order valence-electron chi connectivity index (χ1n) is 7.11. The van der Waals surface area contributed by atoms with E-state index in [4.69, 9.17) is 0 Å². The molecular weight excluding hydrogens is 250 g/mol. The molecule has 2 unspecified atom stereocenters. The van der Waals surface area contributed by atoms with Gasteiger partial charge in [0.15, 0.2) is 0 Å². The topological polar surface area (TPSA) is 40.5 Å². The molecule has 3 rings (SSSR count). The number of β-amino-alcohol motifs (C(OH)–C–C–N with tert-alkyl or cyclic N) is 1. The summed E-state index contributed by atoms with van der Waals surface area (Å²) < 4.78 is 0. The van der Waals surface area contributed by atoms with Crippen molar-refractivity contribution in [3.63, 3.8) is 0 Å². The lowest BCUT2D eigenvalue weighted by Crippen LogP contribution is -2.45. The van der Waals surface area contributed by atoms with Gasteiger partial charge < -0.3 is 10.0 Å². The zero-order valence-corrected chi connectivity index (χ0v) is 11.6. The molecule has 1 aliphatic rings. The molecule has 1 heterocycles.